The Balaban J connectivity index is 1.46. The second-order valence-electron chi connectivity index (χ2n) is 6.99. The molecule has 5 heteroatoms. The Morgan fingerprint density at radius 2 is 2.15 bits per heavy atom. The van der Waals surface area contributed by atoms with Crippen LogP contribution in [0.15, 0.2) is 54.9 Å². The van der Waals surface area contributed by atoms with Crippen molar-refractivity contribution in [2.24, 2.45) is 0 Å². The summed E-state index contributed by atoms with van der Waals surface area (Å²) in [5.41, 5.74) is 3.58. The lowest BCUT2D eigenvalue weighted by atomic mass is 9.82. The van der Waals surface area contributed by atoms with E-state index in [0.29, 0.717) is 12.2 Å². The number of hydrogen-bond donors (Lipinski definition) is 1. The molecule has 1 heterocycles. The smallest absolute Gasteiger partial charge is 0.227 e. The highest BCUT2D eigenvalue weighted by Gasteiger charge is 2.25. The summed E-state index contributed by atoms with van der Waals surface area (Å²) in [6.07, 6.45) is 6.28. The van der Waals surface area contributed by atoms with Crippen molar-refractivity contribution in [3.63, 3.8) is 0 Å². The highest BCUT2D eigenvalue weighted by molar-refractivity contribution is 5.84. The van der Waals surface area contributed by atoms with Gasteiger partial charge in [0.05, 0.1) is 11.6 Å². The first-order chi connectivity index (χ1) is 13.1. The van der Waals surface area contributed by atoms with Gasteiger partial charge < -0.3 is 9.88 Å². The molecule has 1 amide bonds. The van der Waals surface area contributed by atoms with Crippen LogP contribution in [0.4, 0.5) is 4.39 Å². The quantitative estimate of drug-likeness (QED) is 0.760. The zero-order valence-electron chi connectivity index (χ0n) is 15.3. The molecule has 3 aromatic rings. The van der Waals surface area contributed by atoms with Gasteiger partial charge in [-0.3, -0.25) is 4.79 Å². The van der Waals surface area contributed by atoms with Crippen molar-refractivity contribution in [1.82, 2.24) is 14.9 Å². The van der Waals surface area contributed by atoms with Crippen molar-refractivity contribution < 1.29 is 9.18 Å². The molecule has 1 unspecified atom stereocenters. The zero-order valence-corrected chi connectivity index (χ0v) is 15.3. The van der Waals surface area contributed by atoms with Crippen LogP contribution in [0.5, 0.6) is 0 Å². The molecule has 2 aromatic carbocycles. The van der Waals surface area contributed by atoms with E-state index >= 15 is 0 Å². The first-order valence-corrected chi connectivity index (χ1v) is 9.28. The third-order valence-corrected chi connectivity index (χ3v) is 5.25. The van der Waals surface area contributed by atoms with Crippen LogP contribution in [0, 0.1) is 12.7 Å². The molecule has 1 N–H and O–H groups in total. The summed E-state index contributed by atoms with van der Waals surface area (Å²) in [4.78, 5) is 16.8. The second kappa shape index (κ2) is 7.35. The molecule has 138 valence electrons. The number of nitrogens with one attached hydrogen (secondary N) is 1. The van der Waals surface area contributed by atoms with E-state index in [4.69, 9.17) is 0 Å². The topological polar surface area (TPSA) is 46.9 Å². The molecule has 27 heavy (non-hydrogen) atoms. The van der Waals surface area contributed by atoms with Gasteiger partial charge in [-0.25, -0.2) is 9.37 Å². The number of benzene rings is 2. The average molecular weight is 363 g/mol. The molecule has 4 rings (SSSR count). The number of imidazole rings is 1. The Morgan fingerprint density at radius 1 is 1.30 bits per heavy atom. The van der Waals surface area contributed by atoms with Crippen molar-refractivity contribution in [3.8, 4) is 5.69 Å². The average Bonchev–Trinajstić information content (AvgIpc) is 3.11. The van der Waals surface area contributed by atoms with Crippen LogP contribution >= 0.6 is 0 Å². The molecule has 1 aliphatic carbocycles. The minimum atomic E-state index is -0.328. The monoisotopic (exact) mass is 363 g/mol. The predicted molar refractivity (Wildman–Crippen MR) is 102 cm³/mol. The molecule has 0 aliphatic heterocycles. The minimum absolute atomic E-state index is 0.0112. The molecule has 0 radical (unpaired) electrons. The van der Waals surface area contributed by atoms with Crippen LogP contribution in [0.2, 0.25) is 0 Å². The van der Waals surface area contributed by atoms with E-state index in [-0.39, 0.29) is 17.6 Å². The fourth-order valence-electron chi connectivity index (χ4n) is 3.83. The van der Waals surface area contributed by atoms with Crippen molar-refractivity contribution >= 4 is 5.91 Å². The molecule has 0 fully saturated rings. The van der Waals surface area contributed by atoms with Crippen LogP contribution in [0.3, 0.4) is 0 Å². The predicted octanol–water partition coefficient (Wildman–Crippen LogP) is 4.06. The summed E-state index contributed by atoms with van der Waals surface area (Å²) in [6, 6.07) is 13.2. The summed E-state index contributed by atoms with van der Waals surface area (Å²) in [5, 5.41) is 2.98. The van der Waals surface area contributed by atoms with E-state index in [1.165, 1.54) is 11.6 Å². The molecule has 0 bridgehead atoms. The fourth-order valence-corrected chi connectivity index (χ4v) is 3.83. The number of aryl methyl sites for hydroxylation is 2. The third kappa shape index (κ3) is 3.50. The van der Waals surface area contributed by atoms with E-state index < -0.39 is 0 Å². The van der Waals surface area contributed by atoms with Crippen LogP contribution in [-0.4, -0.2) is 15.5 Å². The maximum atomic E-state index is 14.5. The largest absolute Gasteiger partial charge is 0.351 e. The Morgan fingerprint density at radius 3 is 2.93 bits per heavy atom. The SMILES string of the molecule is Cc1nccn1-c1ccc(CNC(=O)C2CCCc3ccccc32)cc1F. The number of halogens is 1. The van der Waals surface area contributed by atoms with Gasteiger partial charge in [0.25, 0.3) is 0 Å². The van der Waals surface area contributed by atoms with Gasteiger partial charge >= 0.3 is 0 Å². The highest BCUT2D eigenvalue weighted by atomic mass is 19.1. The van der Waals surface area contributed by atoms with Crippen LogP contribution < -0.4 is 5.32 Å². The molecule has 0 saturated heterocycles. The number of carbonyl (C=O) groups is 1. The minimum Gasteiger partial charge on any atom is -0.351 e. The summed E-state index contributed by atoms with van der Waals surface area (Å²) in [7, 11) is 0. The molecule has 1 aliphatic rings. The van der Waals surface area contributed by atoms with Gasteiger partial charge in [-0.15, -0.1) is 0 Å². The van der Waals surface area contributed by atoms with Crippen molar-refractivity contribution in [2.45, 2.75) is 38.6 Å². The van der Waals surface area contributed by atoms with Gasteiger partial charge in [0.1, 0.15) is 11.6 Å². The van der Waals surface area contributed by atoms with Gasteiger partial charge in [-0.1, -0.05) is 30.3 Å². The van der Waals surface area contributed by atoms with Crippen LogP contribution in [0.25, 0.3) is 5.69 Å². The number of hydrogen-bond acceptors (Lipinski definition) is 2. The van der Waals surface area contributed by atoms with Crippen molar-refractivity contribution in [1.29, 1.82) is 0 Å². The number of rotatable bonds is 4. The van der Waals surface area contributed by atoms with E-state index in [9.17, 15) is 9.18 Å². The Bertz CT molecular complexity index is 979. The van der Waals surface area contributed by atoms with Crippen molar-refractivity contribution in [3.05, 3.63) is 83.2 Å². The number of carbonyl (C=O) groups excluding carboxylic acids is 1. The Labute approximate surface area is 158 Å². The maximum absolute atomic E-state index is 14.5. The fraction of sp³-hybridized carbons (Fsp3) is 0.273. The van der Waals surface area contributed by atoms with Crippen LogP contribution in [-0.2, 0) is 17.8 Å². The molecule has 0 saturated carbocycles. The normalized spacial score (nSPS) is 16.0. The Kier molecular flexibility index (Phi) is 4.75. The van der Waals surface area contributed by atoms with Gasteiger partial charge in [-0.05, 0) is 55.0 Å². The number of aromatic nitrogens is 2. The van der Waals surface area contributed by atoms with Crippen LogP contribution in [0.1, 0.15) is 41.3 Å². The first-order valence-electron chi connectivity index (χ1n) is 9.28. The van der Waals surface area contributed by atoms with Gasteiger partial charge in [-0.2, -0.15) is 0 Å². The molecular weight excluding hydrogens is 341 g/mol. The van der Waals surface area contributed by atoms with E-state index in [0.717, 1.165) is 36.2 Å². The van der Waals surface area contributed by atoms with Gasteiger partial charge in [0, 0.05) is 18.9 Å². The zero-order chi connectivity index (χ0) is 18.8. The maximum Gasteiger partial charge on any atom is 0.227 e. The van der Waals surface area contributed by atoms with E-state index in [1.54, 1.807) is 23.0 Å². The molecule has 1 aromatic heterocycles. The second-order valence-corrected chi connectivity index (χ2v) is 6.99. The lowest BCUT2D eigenvalue weighted by Gasteiger charge is -2.24. The number of fused-ring (bicyclic) bond motifs is 1. The highest BCUT2D eigenvalue weighted by Crippen LogP contribution is 2.31. The van der Waals surface area contributed by atoms with E-state index in [1.807, 2.05) is 31.2 Å². The summed E-state index contributed by atoms with van der Waals surface area (Å²) in [6.45, 7) is 2.15. The van der Waals surface area contributed by atoms with Gasteiger partial charge in [0.2, 0.25) is 5.91 Å². The Hall–Kier alpha value is -2.95. The summed E-state index contributed by atoms with van der Waals surface area (Å²) in [5.74, 6) is 0.293. The molecule has 0 spiro atoms. The molecular formula is C22H22FN3O. The first kappa shape index (κ1) is 17.5. The molecule has 1 atom stereocenters. The number of nitrogens with zero attached hydrogens (tertiary/aromatic N) is 2. The standard InChI is InChI=1S/C22H22FN3O/c1-15-24-11-12-26(15)21-10-9-16(13-20(21)23)14-25-22(27)19-8-4-6-17-5-2-3-7-18(17)19/h2-3,5,7,9-13,19H,4,6,8,14H2,1H3,(H,25,27). The summed E-state index contributed by atoms with van der Waals surface area (Å²) < 4.78 is 16.2. The lowest BCUT2D eigenvalue weighted by molar-refractivity contribution is -0.123. The summed E-state index contributed by atoms with van der Waals surface area (Å²) >= 11 is 0. The lowest BCUT2D eigenvalue weighted by Crippen LogP contribution is -2.31. The van der Waals surface area contributed by atoms with E-state index in [2.05, 4.69) is 16.4 Å². The van der Waals surface area contributed by atoms with Crippen molar-refractivity contribution in [2.75, 3.05) is 0 Å². The number of amides is 1. The third-order valence-electron chi connectivity index (χ3n) is 5.25. The molecule has 4 nitrogen and oxygen atoms in total. The van der Waals surface area contributed by atoms with Gasteiger partial charge in [0.15, 0.2) is 0 Å².